The van der Waals surface area contributed by atoms with Crippen LogP contribution in [-0.2, 0) is 0 Å². The van der Waals surface area contributed by atoms with Gasteiger partial charge in [-0.2, -0.15) is 0 Å². The van der Waals surface area contributed by atoms with E-state index in [2.05, 4.69) is 10.3 Å². The Morgan fingerprint density at radius 3 is 2.82 bits per heavy atom. The molecule has 0 saturated carbocycles. The van der Waals surface area contributed by atoms with Crippen LogP contribution in [0.1, 0.15) is 25.7 Å². The zero-order chi connectivity index (χ0) is 11.1. The molecule has 0 aliphatic carbocycles. The Kier molecular flexibility index (Phi) is 6.97. The molecule has 2 heterocycles. The van der Waals surface area contributed by atoms with E-state index < -0.39 is 0 Å². The van der Waals surface area contributed by atoms with E-state index >= 15 is 0 Å². The van der Waals surface area contributed by atoms with Crippen LogP contribution in [0.2, 0.25) is 0 Å². The minimum absolute atomic E-state index is 0. The molecular formula is C13H21ClN2O. The van der Waals surface area contributed by atoms with Gasteiger partial charge in [0.05, 0.1) is 6.61 Å². The summed E-state index contributed by atoms with van der Waals surface area (Å²) in [5.41, 5.74) is 0. The first-order valence-corrected chi connectivity index (χ1v) is 6.20. The van der Waals surface area contributed by atoms with Crippen LogP contribution in [0.5, 0.6) is 5.88 Å². The zero-order valence-corrected chi connectivity index (χ0v) is 10.9. The normalized spacial score (nSPS) is 16.2. The second-order valence-corrected chi connectivity index (χ2v) is 4.35. The summed E-state index contributed by atoms with van der Waals surface area (Å²) in [6, 6.07) is 5.77. The van der Waals surface area contributed by atoms with E-state index in [0.717, 1.165) is 24.8 Å². The topological polar surface area (TPSA) is 34.1 Å². The van der Waals surface area contributed by atoms with Crippen LogP contribution >= 0.6 is 12.4 Å². The SMILES string of the molecule is Cl.c1ccc(OCCCC2CCNCC2)nc1. The summed E-state index contributed by atoms with van der Waals surface area (Å²) in [4.78, 5) is 4.13. The number of piperidine rings is 1. The molecule has 4 heteroatoms. The monoisotopic (exact) mass is 256 g/mol. The zero-order valence-electron chi connectivity index (χ0n) is 10.1. The molecular weight excluding hydrogens is 236 g/mol. The standard InChI is InChI=1S/C13H20N2O.ClH/c1-2-8-15-13(5-1)16-11-3-4-12-6-9-14-10-7-12;/h1-2,5,8,12,14H,3-4,6-7,9-11H2;1H. The third-order valence-corrected chi connectivity index (χ3v) is 3.10. The van der Waals surface area contributed by atoms with Crippen molar-refractivity contribution in [2.24, 2.45) is 5.92 Å². The van der Waals surface area contributed by atoms with Gasteiger partial charge in [0.1, 0.15) is 0 Å². The molecule has 0 atom stereocenters. The minimum atomic E-state index is 0. The van der Waals surface area contributed by atoms with Gasteiger partial charge in [-0.3, -0.25) is 0 Å². The predicted molar refractivity (Wildman–Crippen MR) is 71.8 cm³/mol. The Labute approximate surface area is 109 Å². The van der Waals surface area contributed by atoms with Crippen LogP contribution < -0.4 is 10.1 Å². The van der Waals surface area contributed by atoms with E-state index in [1.165, 1.54) is 32.4 Å². The molecule has 0 amide bonds. The molecule has 0 bridgehead atoms. The van der Waals surface area contributed by atoms with Crippen LogP contribution in [-0.4, -0.2) is 24.7 Å². The summed E-state index contributed by atoms with van der Waals surface area (Å²) in [6.07, 6.45) is 6.84. The van der Waals surface area contributed by atoms with Gasteiger partial charge in [-0.05, 0) is 50.8 Å². The van der Waals surface area contributed by atoms with Gasteiger partial charge in [-0.25, -0.2) is 4.98 Å². The van der Waals surface area contributed by atoms with Crippen molar-refractivity contribution >= 4 is 12.4 Å². The maximum Gasteiger partial charge on any atom is 0.213 e. The third kappa shape index (κ3) is 5.37. The Morgan fingerprint density at radius 1 is 1.29 bits per heavy atom. The number of halogens is 1. The lowest BCUT2D eigenvalue weighted by atomic mass is 9.93. The van der Waals surface area contributed by atoms with E-state index in [-0.39, 0.29) is 12.4 Å². The van der Waals surface area contributed by atoms with E-state index in [1.807, 2.05) is 18.2 Å². The Bertz CT molecular complexity index is 289. The molecule has 1 fully saturated rings. The van der Waals surface area contributed by atoms with Gasteiger partial charge >= 0.3 is 0 Å². The van der Waals surface area contributed by atoms with Crippen molar-refractivity contribution in [1.82, 2.24) is 10.3 Å². The quantitative estimate of drug-likeness (QED) is 0.823. The highest BCUT2D eigenvalue weighted by Crippen LogP contribution is 2.17. The summed E-state index contributed by atoms with van der Waals surface area (Å²) in [7, 11) is 0. The van der Waals surface area contributed by atoms with Crippen LogP contribution in [0.25, 0.3) is 0 Å². The molecule has 0 radical (unpaired) electrons. The van der Waals surface area contributed by atoms with Crippen LogP contribution in [0.3, 0.4) is 0 Å². The maximum absolute atomic E-state index is 5.57. The van der Waals surface area contributed by atoms with Gasteiger partial charge in [0.15, 0.2) is 0 Å². The molecule has 1 aromatic rings. The lowest BCUT2D eigenvalue weighted by Gasteiger charge is -2.22. The molecule has 0 aromatic carbocycles. The maximum atomic E-state index is 5.57. The average molecular weight is 257 g/mol. The van der Waals surface area contributed by atoms with Crippen molar-refractivity contribution in [3.63, 3.8) is 0 Å². The molecule has 1 aliphatic rings. The van der Waals surface area contributed by atoms with Gasteiger partial charge < -0.3 is 10.1 Å². The second-order valence-electron chi connectivity index (χ2n) is 4.35. The van der Waals surface area contributed by atoms with E-state index in [0.29, 0.717) is 0 Å². The number of hydrogen-bond acceptors (Lipinski definition) is 3. The molecule has 2 rings (SSSR count). The minimum Gasteiger partial charge on any atom is -0.478 e. The highest BCUT2D eigenvalue weighted by atomic mass is 35.5. The van der Waals surface area contributed by atoms with Gasteiger partial charge in [0.25, 0.3) is 0 Å². The van der Waals surface area contributed by atoms with E-state index in [4.69, 9.17) is 4.74 Å². The van der Waals surface area contributed by atoms with Crippen molar-refractivity contribution in [2.45, 2.75) is 25.7 Å². The lowest BCUT2D eigenvalue weighted by molar-refractivity contribution is 0.266. The summed E-state index contributed by atoms with van der Waals surface area (Å²) >= 11 is 0. The average Bonchev–Trinajstić information content (AvgIpc) is 2.37. The largest absolute Gasteiger partial charge is 0.478 e. The number of nitrogens with one attached hydrogen (secondary N) is 1. The number of ether oxygens (including phenoxy) is 1. The summed E-state index contributed by atoms with van der Waals surface area (Å²) in [6.45, 7) is 3.17. The summed E-state index contributed by atoms with van der Waals surface area (Å²) in [5.74, 6) is 1.64. The van der Waals surface area contributed by atoms with E-state index in [9.17, 15) is 0 Å². The summed E-state index contributed by atoms with van der Waals surface area (Å²) < 4.78 is 5.57. The van der Waals surface area contributed by atoms with Gasteiger partial charge in [0.2, 0.25) is 5.88 Å². The number of nitrogens with zero attached hydrogens (tertiary/aromatic N) is 1. The van der Waals surface area contributed by atoms with Gasteiger partial charge in [0, 0.05) is 12.3 Å². The number of pyridine rings is 1. The Hall–Kier alpha value is -0.800. The first kappa shape index (κ1) is 14.3. The smallest absolute Gasteiger partial charge is 0.213 e. The molecule has 1 aliphatic heterocycles. The first-order chi connectivity index (χ1) is 7.95. The predicted octanol–water partition coefficient (Wildman–Crippen LogP) is 2.66. The fourth-order valence-electron chi connectivity index (χ4n) is 2.15. The highest BCUT2D eigenvalue weighted by Gasteiger charge is 2.12. The molecule has 1 aromatic heterocycles. The molecule has 3 nitrogen and oxygen atoms in total. The Balaban J connectivity index is 0.00000144. The van der Waals surface area contributed by atoms with Crippen molar-refractivity contribution in [3.05, 3.63) is 24.4 Å². The lowest BCUT2D eigenvalue weighted by Crippen LogP contribution is -2.27. The van der Waals surface area contributed by atoms with Crippen molar-refractivity contribution < 1.29 is 4.74 Å². The second kappa shape index (κ2) is 8.31. The van der Waals surface area contributed by atoms with Crippen LogP contribution in [0.15, 0.2) is 24.4 Å². The number of hydrogen-bond donors (Lipinski definition) is 1. The molecule has 17 heavy (non-hydrogen) atoms. The fraction of sp³-hybridized carbons (Fsp3) is 0.615. The molecule has 96 valence electrons. The Morgan fingerprint density at radius 2 is 2.12 bits per heavy atom. The fourth-order valence-corrected chi connectivity index (χ4v) is 2.15. The first-order valence-electron chi connectivity index (χ1n) is 6.20. The third-order valence-electron chi connectivity index (χ3n) is 3.10. The highest BCUT2D eigenvalue weighted by molar-refractivity contribution is 5.85. The van der Waals surface area contributed by atoms with Crippen LogP contribution in [0, 0.1) is 5.92 Å². The molecule has 1 N–H and O–H groups in total. The summed E-state index contributed by atoms with van der Waals surface area (Å²) in [5, 5.41) is 3.39. The molecule has 0 unspecified atom stereocenters. The number of aromatic nitrogens is 1. The van der Waals surface area contributed by atoms with Crippen molar-refractivity contribution in [1.29, 1.82) is 0 Å². The van der Waals surface area contributed by atoms with Gasteiger partial charge in [-0.15, -0.1) is 12.4 Å². The molecule has 1 saturated heterocycles. The van der Waals surface area contributed by atoms with Gasteiger partial charge in [-0.1, -0.05) is 6.07 Å². The number of rotatable bonds is 5. The van der Waals surface area contributed by atoms with Crippen molar-refractivity contribution in [2.75, 3.05) is 19.7 Å². The van der Waals surface area contributed by atoms with Crippen LogP contribution in [0.4, 0.5) is 0 Å². The van der Waals surface area contributed by atoms with E-state index in [1.54, 1.807) is 6.20 Å². The molecule has 0 spiro atoms. The van der Waals surface area contributed by atoms with Crippen molar-refractivity contribution in [3.8, 4) is 5.88 Å².